The fraction of sp³-hybridized carbons (Fsp3) is 0.600. The van der Waals surface area contributed by atoms with Crippen LogP contribution in [-0.4, -0.2) is 30.3 Å². The summed E-state index contributed by atoms with van der Waals surface area (Å²) in [6.45, 7) is 1.90. The summed E-state index contributed by atoms with van der Waals surface area (Å²) in [5.74, 6) is 0. The monoisotopic (exact) mass is 180 g/mol. The van der Waals surface area contributed by atoms with Gasteiger partial charge in [-0.3, -0.25) is 0 Å². The first-order valence-corrected chi connectivity index (χ1v) is 4.89. The Morgan fingerprint density at radius 1 is 1.54 bits per heavy atom. The zero-order chi connectivity index (χ0) is 9.10. The molecule has 1 saturated heterocycles. The van der Waals surface area contributed by atoms with Gasteiger partial charge in [0, 0.05) is 18.8 Å². The molecule has 3 nitrogen and oxygen atoms in total. The number of aliphatic hydroxyl groups excluding tert-OH is 1. The molecule has 1 fully saturated rings. The van der Waals surface area contributed by atoms with Crippen molar-refractivity contribution >= 4 is 0 Å². The largest absolute Gasteiger partial charge is 0.387 e. The van der Waals surface area contributed by atoms with E-state index in [0.717, 1.165) is 25.1 Å². The van der Waals surface area contributed by atoms with Crippen molar-refractivity contribution in [1.29, 1.82) is 0 Å². The minimum atomic E-state index is -0.355. The lowest BCUT2D eigenvalue weighted by atomic mass is 10.0. The molecule has 0 aliphatic carbocycles. The molecule has 3 N–H and O–H groups in total. The lowest BCUT2D eigenvalue weighted by molar-refractivity contribution is 0.172. The zero-order valence-corrected chi connectivity index (χ0v) is 7.66. The van der Waals surface area contributed by atoms with Gasteiger partial charge in [-0.2, -0.15) is 0 Å². The number of hydrogen-bond acceptors (Lipinski definition) is 3. The molecule has 2 rings (SSSR count). The van der Waals surface area contributed by atoms with Gasteiger partial charge in [0.05, 0.1) is 6.10 Å². The zero-order valence-electron chi connectivity index (χ0n) is 7.66. The third-order valence-electron chi connectivity index (χ3n) is 2.64. The Morgan fingerprint density at radius 2 is 2.46 bits per heavy atom. The molecule has 0 aromatic heterocycles. The second-order valence-corrected chi connectivity index (χ2v) is 3.60. The van der Waals surface area contributed by atoms with Gasteiger partial charge in [0.25, 0.3) is 0 Å². The van der Waals surface area contributed by atoms with Crippen molar-refractivity contribution in [2.75, 3.05) is 13.1 Å². The average Bonchev–Trinajstić information content (AvgIpc) is 2.71. The molecule has 2 atom stereocenters. The summed E-state index contributed by atoms with van der Waals surface area (Å²) in [5.41, 5.74) is 0.991. The molecule has 2 aliphatic heterocycles. The summed E-state index contributed by atoms with van der Waals surface area (Å²) in [6, 6.07) is 0.246. The van der Waals surface area contributed by atoms with E-state index in [0.29, 0.717) is 0 Å². The van der Waals surface area contributed by atoms with Gasteiger partial charge in [0.15, 0.2) is 0 Å². The number of nitrogens with one attached hydrogen (secondary N) is 2. The molecule has 0 aromatic carbocycles. The Kier molecular flexibility index (Phi) is 2.66. The third-order valence-corrected chi connectivity index (χ3v) is 2.64. The van der Waals surface area contributed by atoms with Crippen molar-refractivity contribution in [2.24, 2.45) is 0 Å². The lowest BCUT2D eigenvalue weighted by Gasteiger charge is -2.21. The second-order valence-electron chi connectivity index (χ2n) is 3.60. The van der Waals surface area contributed by atoms with E-state index in [1.54, 1.807) is 0 Å². The predicted molar refractivity (Wildman–Crippen MR) is 52.3 cm³/mol. The molecule has 0 radical (unpaired) electrons. The van der Waals surface area contributed by atoms with E-state index in [-0.39, 0.29) is 12.1 Å². The number of hydrogen-bond donors (Lipinski definition) is 3. The highest BCUT2D eigenvalue weighted by Crippen LogP contribution is 2.16. The SMILES string of the molecule is O[C@H](C1=CNCC=C1)[C@@H]1CCCN1. The van der Waals surface area contributed by atoms with Crippen LogP contribution in [0.1, 0.15) is 12.8 Å². The van der Waals surface area contributed by atoms with Gasteiger partial charge < -0.3 is 15.7 Å². The van der Waals surface area contributed by atoms with Gasteiger partial charge in [0.2, 0.25) is 0 Å². The summed E-state index contributed by atoms with van der Waals surface area (Å²) in [5, 5.41) is 16.4. The molecular weight excluding hydrogens is 164 g/mol. The third kappa shape index (κ3) is 1.92. The summed E-state index contributed by atoms with van der Waals surface area (Å²) < 4.78 is 0. The van der Waals surface area contributed by atoms with Gasteiger partial charge in [-0.25, -0.2) is 0 Å². The molecule has 72 valence electrons. The maximum absolute atomic E-state index is 9.95. The Labute approximate surface area is 78.5 Å². The molecule has 0 bridgehead atoms. The molecule has 2 heterocycles. The van der Waals surface area contributed by atoms with Crippen molar-refractivity contribution in [3.05, 3.63) is 23.9 Å². The van der Waals surface area contributed by atoms with E-state index in [1.807, 2.05) is 18.4 Å². The van der Waals surface area contributed by atoms with Crippen LogP contribution in [0.3, 0.4) is 0 Å². The Bertz CT molecular complexity index is 229. The van der Waals surface area contributed by atoms with Gasteiger partial charge in [-0.05, 0) is 25.0 Å². The number of aliphatic hydroxyl groups is 1. The quantitative estimate of drug-likeness (QED) is 0.566. The van der Waals surface area contributed by atoms with Crippen molar-refractivity contribution in [2.45, 2.75) is 25.0 Å². The minimum absolute atomic E-state index is 0.246. The lowest BCUT2D eigenvalue weighted by Crippen LogP contribution is -2.36. The van der Waals surface area contributed by atoms with E-state index < -0.39 is 0 Å². The van der Waals surface area contributed by atoms with Crippen LogP contribution >= 0.6 is 0 Å². The highest BCUT2D eigenvalue weighted by molar-refractivity contribution is 5.27. The van der Waals surface area contributed by atoms with Crippen LogP contribution in [0.5, 0.6) is 0 Å². The average molecular weight is 180 g/mol. The number of dihydropyridines is 1. The Morgan fingerprint density at radius 3 is 3.08 bits per heavy atom. The summed E-state index contributed by atoms with van der Waals surface area (Å²) in [6.07, 6.45) is 7.84. The second kappa shape index (κ2) is 3.94. The highest BCUT2D eigenvalue weighted by Gasteiger charge is 2.24. The smallest absolute Gasteiger partial charge is 0.0956 e. The molecule has 0 amide bonds. The minimum Gasteiger partial charge on any atom is -0.387 e. The first-order chi connectivity index (χ1) is 6.38. The van der Waals surface area contributed by atoms with Crippen LogP contribution in [0.25, 0.3) is 0 Å². The molecule has 0 aromatic rings. The predicted octanol–water partition coefficient (Wildman–Crippen LogP) is 0.143. The molecule has 3 heteroatoms. The summed E-state index contributed by atoms with van der Waals surface area (Å²) in [4.78, 5) is 0. The van der Waals surface area contributed by atoms with Crippen LogP contribution in [0.2, 0.25) is 0 Å². The van der Waals surface area contributed by atoms with E-state index in [2.05, 4.69) is 10.6 Å². The van der Waals surface area contributed by atoms with E-state index in [1.165, 1.54) is 6.42 Å². The molecule has 0 saturated carbocycles. The standard InChI is InChI=1S/C10H16N2O/c13-10(9-4-2-6-12-9)8-3-1-5-11-7-8/h1,3,7,9-13H,2,4-6H2/t9-,10+/m0/s1. The van der Waals surface area contributed by atoms with E-state index >= 15 is 0 Å². The summed E-state index contributed by atoms with van der Waals surface area (Å²) >= 11 is 0. The molecule has 0 spiro atoms. The maximum Gasteiger partial charge on any atom is 0.0956 e. The molecule has 0 unspecified atom stereocenters. The maximum atomic E-state index is 9.95. The molecule has 2 aliphatic rings. The van der Waals surface area contributed by atoms with Crippen LogP contribution in [0.4, 0.5) is 0 Å². The van der Waals surface area contributed by atoms with Gasteiger partial charge in [0.1, 0.15) is 0 Å². The van der Waals surface area contributed by atoms with E-state index in [4.69, 9.17) is 0 Å². The Hall–Kier alpha value is -0.800. The first-order valence-electron chi connectivity index (χ1n) is 4.89. The molecule has 13 heavy (non-hydrogen) atoms. The van der Waals surface area contributed by atoms with E-state index in [9.17, 15) is 5.11 Å². The normalized spacial score (nSPS) is 29.6. The van der Waals surface area contributed by atoms with Crippen molar-refractivity contribution in [1.82, 2.24) is 10.6 Å². The van der Waals surface area contributed by atoms with Gasteiger partial charge in [-0.1, -0.05) is 12.2 Å². The number of rotatable bonds is 2. The fourth-order valence-electron chi connectivity index (χ4n) is 1.89. The van der Waals surface area contributed by atoms with Crippen LogP contribution in [0, 0.1) is 0 Å². The van der Waals surface area contributed by atoms with Crippen molar-refractivity contribution in [3.8, 4) is 0 Å². The van der Waals surface area contributed by atoms with Crippen molar-refractivity contribution in [3.63, 3.8) is 0 Å². The van der Waals surface area contributed by atoms with Crippen LogP contribution in [0.15, 0.2) is 23.9 Å². The molecular formula is C10H16N2O. The topological polar surface area (TPSA) is 44.3 Å². The fourth-order valence-corrected chi connectivity index (χ4v) is 1.89. The van der Waals surface area contributed by atoms with Gasteiger partial charge >= 0.3 is 0 Å². The Balaban J connectivity index is 1.98. The summed E-state index contributed by atoms with van der Waals surface area (Å²) in [7, 11) is 0. The van der Waals surface area contributed by atoms with Crippen LogP contribution in [-0.2, 0) is 0 Å². The van der Waals surface area contributed by atoms with Crippen molar-refractivity contribution < 1.29 is 5.11 Å². The first kappa shape index (κ1) is 8.78. The highest BCUT2D eigenvalue weighted by atomic mass is 16.3. The van der Waals surface area contributed by atoms with Crippen LogP contribution < -0.4 is 10.6 Å². The van der Waals surface area contributed by atoms with Gasteiger partial charge in [-0.15, -0.1) is 0 Å².